The first-order chi connectivity index (χ1) is 9.10. The summed E-state index contributed by atoms with van der Waals surface area (Å²) in [5.41, 5.74) is 6.26. The van der Waals surface area contributed by atoms with Crippen molar-refractivity contribution < 1.29 is 9.13 Å². The summed E-state index contributed by atoms with van der Waals surface area (Å²) in [6, 6.07) is 9.53. The minimum absolute atomic E-state index is 0.138. The van der Waals surface area contributed by atoms with Crippen molar-refractivity contribution in [3.05, 3.63) is 57.8 Å². The molecule has 0 aliphatic heterocycles. The monoisotopic (exact) mass is 299 g/mol. The molecule has 0 atom stereocenters. The van der Waals surface area contributed by atoms with Crippen LogP contribution in [0, 0.1) is 5.82 Å². The van der Waals surface area contributed by atoms with E-state index in [1.165, 1.54) is 12.1 Å². The molecule has 0 aromatic heterocycles. The summed E-state index contributed by atoms with van der Waals surface area (Å²) in [6.45, 7) is 0.479. The predicted molar refractivity (Wildman–Crippen MR) is 75.7 cm³/mol. The predicted octanol–water partition coefficient (Wildman–Crippen LogP) is 4.43. The Kier molecular flexibility index (Phi) is 4.64. The molecule has 2 N–H and O–H groups in total. The van der Waals surface area contributed by atoms with E-state index in [2.05, 4.69) is 0 Å². The minimum Gasteiger partial charge on any atom is -0.454 e. The van der Waals surface area contributed by atoms with Gasteiger partial charge < -0.3 is 10.5 Å². The maximum Gasteiger partial charge on any atom is 0.165 e. The lowest BCUT2D eigenvalue weighted by atomic mass is 10.1. The van der Waals surface area contributed by atoms with Crippen molar-refractivity contribution in [2.45, 2.75) is 6.42 Å². The SMILES string of the molecule is NCCc1ccc(Oc2ccc(Cl)c(Cl)c2)c(F)c1. The summed E-state index contributed by atoms with van der Waals surface area (Å²) in [6.07, 6.45) is 0.629. The molecule has 0 spiro atoms. The third kappa shape index (κ3) is 3.60. The maximum absolute atomic E-state index is 13.8. The van der Waals surface area contributed by atoms with Crippen molar-refractivity contribution >= 4 is 23.2 Å². The average molecular weight is 300 g/mol. The quantitative estimate of drug-likeness (QED) is 0.906. The van der Waals surface area contributed by atoms with E-state index in [0.29, 0.717) is 28.8 Å². The Bertz CT molecular complexity index is 590. The third-order valence-corrected chi connectivity index (χ3v) is 3.29. The van der Waals surface area contributed by atoms with Crippen LogP contribution in [0.3, 0.4) is 0 Å². The van der Waals surface area contributed by atoms with E-state index in [4.69, 9.17) is 33.7 Å². The van der Waals surface area contributed by atoms with Crippen LogP contribution in [0.25, 0.3) is 0 Å². The zero-order valence-electron chi connectivity index (χ0n) is 10.00. The molecule has 0 aliphatic carbocycles. The Hall–Kier alpha value is -1.29. The Morgan fingerprint density at radius 3 is 2.47 bits per heavy atom. The van der Waals surface area contributed by atoms with E-state index in [9.17, 15) is 4.39 Å². The van der Waals surface area contributed by atoms with Crippen LogP contribution in [0.2, 0.25) is 10.0 Å². The van der Waals surface area contributed by atoms with Crippen LogP contribution in [-0.4, -0.2) is 6.54 Å². The van der Waals surface area contributed by atoms with E-state index in [0.717, 1.165) is 5.56 Å². The smallest absolute Gasteiger partial charge is 0.165 e. The van der Waals surface area contributed by atoms with Gasteiger partial charge in [-0.1, -0.05) is 29.3 Å². The Labute approximate surface area is 120 Å². The lowest BCUT2D eigenvalue weighted by Gasteiger charge is -2.09. The van der Waals surface area contributed by atoms with Gasteiger partial charge >= 0.3 is 0 Å². The molecule has 0 radical (unpaired) electrons. The number of ether oxygens (including phenoxy) is 1. The van der Waals surface area contributed by atoms with Gasteiger partial charge in [0.05, 0.1) is 10.0 Å². The highest BCUT2D eigenvalue weighted by Crippen LogP contribution is 2.30. The first-order valence-corrected chi connectivity index (χ1v) is 6.47. The van der Waals surface area contributed by atoms with E-state index < -0.39 is 5.82 Å². The van der Waals surface area contributed by atoms with Crippen LogP contribution in [0.5, 0.6) is 11.5 Å². The summed E-state index contributed by atoms with van der Waals surface area (Å²) < 4.78 is 19.2. The fourth-order valence-electron chi connectivity index (χ4n) is 1.62. The summed E-state index contributed by atoms with van der Waals surface area (Å²) >= 11 is 11.7. The van der Waals surface area contributed by atoms with Gasteiger partial charge in [0.1, 0.15) is 5.75 Å². The van der Waals surface area contributed by atoms with E-state index in [1.54, 1.807) is 24.3 Å². The van der Waals surface area contributed by atoms with Crippen LogP contribution >= 0.6 is 23.2 Å². The van der Waals surface area contributed by atoms with Crippen molar-refractivity contribution in [2.75, 3.05) is 6.54 Å². The molecule has 19 heavy (non-hydrogen) atoms. The Morgan fingerprint density at radius 2 is 1.84 bits per heavy atom. The highest BCUT2D eigenvalue weighted by molar-refractivity contribution is 6.42. The molecule has 0 heterocycles. The van der Waals surface area contributed by atoms with Gasteiger partial charge in [0.25, 0.3) is 0 Å². The van der Waals surface area contributed by atoms with E-state index >= 15 is 0 Å². The summed E-state index contributed by atoms with van der Waals surface area (Å²) in [4.78, 5) is 0. The van der Waals surface area contributed by atoms with Gasteiger partial charge in [0, 0.05) is 6.07 Å². The highest BCUT2D eigenvalue weighted by Gasteiger charge is 2.07. The zero-order valence-corrected chi connectivity index (χ0v) is 11.5. The molecule has 0 fully saturated rings. The second-order valence-corrected chi connectivity index (χ2v) is 4.80. The second-order valence-electron chi connectivity index (χ2n) is 3.98. The molecule has 2 nitrogen and oxygen atoms in total. The summed E-state index contributed by atoms with van der Waals surface area (Å²) in [7, 11) is 0. The van der Waals surface area contributed by atoms with Gasteiger partial charge in [0.15, 0.2) is 11.6 Å². The topological polar surface area (TPSA) is 35.2 Å². The molecule has 2 rings (SSSR count). The largest absolute Gasteiger partial charge is 0.454 e. The minimum atomic E-state index is -0.433. The van der Waals surface area contributed by atoms with Gasteiger partial charge in [-0.3, -0.25) is 0 Å². The van der Waals surface area contributed by atoms with Crippen LogP contribution < -0.4 is 10.5 Å². The highest BCUT2D eigenvalue weighted by atomic mass is 35.5. The normalized spacial score (nSPS) is 10.5. The standard InChI is InChI=1S/C14H12Cl2FNO/c15-11-3-2-10(8-12(11)16)19-14-4-1-9(5-6-18)7-13(14)17/h1-4,7-8H,5-6,18H2. The molecule has 0 unspecified atom stereocenters. The lowest BCUT2D eigenvalue weighted by Crippen LogP contribution is -2.03. The number of nitrogens with two attached hydrogens (primary N) is 1. The van der Waals surface area contributed by atoms with E-state index in [-0.39, 0.29) is 5.75 Å². The fraction of sp³-hybridized carbons (Fsp3) is 0.143. The molecular weight excluding hydrogens is 288 g/mol. The van der Waals surface area contributed by atoms with Crippen molar-refractivity contribution in [2.24, 2.45) is 5.73 Å². The maximum atomic E-state index is 13.8. The molecular formula is C14H12Cl2FNO. The summed E-state index contributed by atoms with van der Waals surface area (Å²) in [5.74, 6) is 0.135. The van der Waals surface area contributed by atoms with Gasteiger partial charge in [-0.25, -0.2) is 4.39 Å². The third-order valence-electron chi connectivity index (χ3n) is 2.55. The van der Waals surface area contributed by atoms with E-state index in [1.807, 2.05) is 0 Å². The first-order valence-electron chi connectivity index (χ1n) is 5.71. The van der Waals surface area contributed by atoms with Crippen LogP contribution in [-0.2, 0) is 6.42 Å². The van der Waals surface area contributed by atoms with Gasteiger partial charge in [-0.15, -0.1) is 0 Å². The number of rotatable bonds is 4. The van der Waals surface area contributed by atoms with Crippen molar-refractivity contribution in [1.82, 2.24) is 0 Å². The Morgan fingerprint density at radius 1 is 1.05 bits per heavy atom. The number of benzene rings is 2. The van der Waals surface area contributed by atoms with Crippen molar-refractivity contribution in [1.29, 1.82) is 0 Å². The van der Waals surface area contributed by atoms with Gasteiger partial charge in [-0.2, -0.15) is 0 Å². The number of hydrogen-bond acceptors (Lipinski definition) is 2. The van der Waals surface area contributed by atoms with Gasteiger partial charge in [-0.05, 0) is 42.8 Å². The molecule has 2 aromatic carbocycles. The van der Waals surface area contributed by atoms with Gasteiger partial charge in [0.2, 0.25) is 0 Å². The zero-order chi connectivity index (χ0) is 13.8. The molecule has 0 bridgehead atoms. The average Bonchev–Trinajstić information content (AvgIpc) is 2.37. The molecule has 0 saturated carbocycles. The number of halogens is 3. The number of hydrogen-bond donors (Lipinski definition) is 1. The Balaban J connectivity index is 2.20. The van der Waals surface area contributed by atoms with Crippen molar-refractivity contribution in [3.63, 3.8) is 0 Å². The molecule has 2 aromatic rings. The summed E-state index contributed by atoms with van der Waals surface area (Å²) in [5, 5.41) is 0.784. The van der Waals surface area contributed by atoms with Crippen LogP contribution in [0.15, 0.2) is 36.4 Å². The first kappa shape index (κ1) is 14.1. The second kappa shape index (κ2) is 6.24. The molecule has 0 aliphatic rings. The molecule has 5 heteroatoms. The molecule has 0 saturated heterocycles. The molecule has 0 amide bonds. The lowest BCUT2D eigenvalue weighted by molar-refractivity contribution is 0.441. The fourth-order valence-corrected chi connectivity index (χ4v) is 1.90. The van der Waals surface area contributed by atoms with Crippen molar-refractivity contribution in [3.8, 4) is 11.5 Å². The molecule has 100 valence electrons. The van der Waals surface area contributed by atoms with Crippen LogP contribution in [0.4, 0.5) is 4.39 Å². The van der Waals surface area contributed by atoms with Crippen LogP contribution in [0.1, 0.15) is 5.56 Å².